The van der Waals surface area contributed by atoms with Gasteiger partial charge in [-0.2, -0.15) is 0 Å². The fraction of sp³-hybridized carbons (Fsp3) is 0.462. The molecule has 1 aromatic carbocycles. The molecule has 7 heteroatoms. The normalized spacial score (nSPS) is 20.9. The number of nitrogens with two attached hydrogens (primary N) is 1. The molecule has 1 heterocycles. The van der Waals surface area contributed by atoms with E-state index in [4.69, 9.17) is 5.73 Å². The van der Waals surface area contributed by atoms with Crippen LogP contribution in [0.1, 0.15) is 28.8 Å². The van der Waals surface area contributed by atoms with Crippen LogP contribution in [0.15, 0.2) is 18.2 Å². The molecule has 0 aromatic heterocycles. The summed E-state index contributed by atoms with van der Waals surface area (Å²) >= 11 is 0. The Labute approximate surface area is 117 Å². The van der Waals surface area contributed by atoms with E-state index in [1.54, 1.807) is 0 Å². The lowest BCUT2D eigenvalue weighted by atomic mass is 10.1. The lowest BCUT2D eigenvalue weighted by Crippen LogP contribution is -2.30. The van der Waals surface area contributed by atoms with Crippen LogP contribution >= 0.6 is 0 Å². The maximum atomic E-state index is 13.6. The first-order chi connectivity index (χ1) is 9.40. The zero-order valence-corrected chi connectivity index (χ0v) is 11.7. The summed E-state index contributed by atoms with van der Waals surface area (Å²) in [6.45, 7) is 0.460. The largest absolute Gasteiger partial charge is 0.366 e. The second-order valence-corrected chi connectivity index (χ2v) is 7.33. The average Bonchev–Trinajstić information content (AvgIpc) is 2.71. The van der Waals surface area contributed by atoms with E-state index in [2.05, 4.69) is 5.32 Å². The standard InChI is InChI=1S/C13H17FN2O3S/c14-12-4-3-9(13(15)17)6-10(12)7-16-8-11-2-1-5-20(11,18)19/h3-4,6,11,16H,1-2,5,7-8H2,(H2,15,17). The van der Waals surface area contributed by atoms with Crippen molar-refractivity contribution >= 4 is 15.7 Å². The van der Waals surface area contributed by atoms with Gasteiger partial charge < -0.3 is 11.1 Å². The van der Waals surface area contributed by atoms with Crippen LogP contribution in [0.2, 0.25) is 0 Å². The molecular weight excluding hydrogens is 283 g/mol. The van der Waals surface area contributed by atoms with E-state index < -0.39 is 26.8 Å². The van der Waals surface area contributed by atoms with Gasteiger partial charge in [0.1, 0.15) is 5.82 Å². The van der Waals surface area contributed by atoms with Crippen LogP contribution in [0, 0.1) is 5.82 Å². The van der Waals surface area contributed by atoms with Gasteiger partial charge in [-0.25, -0.2) is 12.8 Å². The first-order valence-corrected chi connectivity index (χ1v) is 8.12. The number of sulfone groups is 1. The van der Waals surface area contributed by atoms with Gasteiger partial charge in [-0.1, -0.05) is 0 Å². The van der Waals surface area contributed by atoms with Gasteiger partial charge in [0.05, 0.1) is 11.0 Å². The van der Waals surface area contributed by atoms with Gasteiger partial charge in [0.2, 0.25) is 5.91 Å². The highest BCUT2D eigenvalue weighted by atomic mass is 32.2. The van der Waals surface area contributed by atoms with Crippen LogP contribution in [0.25, 0.3) is 0 Å². The molecule has 0 bridgehead atoms. The Bertz CT molecular complexity index is 616. The topological polar surface area (TPSA) is 89.3 Å². The third-order valence-corrected chi connectivity index (χ3v) is 5.76. The molecule has 1 saturated heterocycles. The smallest absolute Gasteiger partial charge is 0.248 e. The van der Waals surface area contributed by atoms with Crippen molar-refractivity contribution < 1.29 is 17.6 Å². The monoisotopic (exact) mass is 300 g/mol. The van der Waals surface area contributed by atoms with E-state index in [0.29, 0.717) is 24.9 Å². The number of primary amides is 1. The van der Waals surface area contributed by atoms with Crippen molar-refractivity contribution in [2.45, 2.75) is 24.6 Å². The molecule has 0 radical (unpaired) electrons. The molecule has 2 rings (SSSR count). The number of hydrogen-bond acceptors (Lipinski definition) is 4. The Hall–Kier alpha value is -1.47. The van der Waals surface area contributed by atoms with Crippen molar-refractivity contribution in [2.75, 3.05) is 12.3 Å². The number of amides is 1. The van der Waals surface area contributed by atoms with Crippen molar-refractivity contribution in [3.63, 3.8) is 0 Å². The first kappa shape index (κ1) is 14.9. The van der Waals surface area contributed by atoms with Gasteiger partial charge >= 0.3 is 0 Å². The molecular formula is C13H17FN2O3S. The molecule has 110 valence electrons. The minimum atomic E-state index is -3.00. The SMILES string of the molecule is NC(=O)c1ccc(F)c(CNCC2CCCS2(=O)=O)c1. The number of nitrogens with one attached hydrogen (secondary N) is 1. The van der Waals surface area contributed by atoms with E-state index in [9.17, 15) is 17.6 Å². The Kier molecular flexibility index (Phi) is 4.39. The van der Waals surface area contributed by atoms with E-state index >= 15 is 0 Å². The Morgan fingerprint density at radius 1 is 1.45 bits per heavy atom. The lowest BCUT2D eigenvalue weighted by molar-refractivity contribution is 0.1000. The molecule has 0 aliphatic carbocycles. The summed E-state index contributed by atoms with van der Waals surface area (Å²) in [6, 6.07) is 3.89. The molecule has 1 fully saturated rings. The quantitative estimate of drug-likeness (QED) is 0.833. The predicted molar refractivity (Wildman–Crippen MR) is 73.4 cm³/mol. The van der Waals surface area contributed by atoms with Crippen molar-refractivity contribution in [1.82, 2.24) is 5.32 Å². The van der Waals surface area contributed by atoms with Gasteiger partial charge in [0.15, 0.2) is 9.84 Å². The summed E-state index contributed by atoms with van der Waals surface area (Å²) in [5.74, 6) is -0.841. The van der Waals surface area contributed by atoms with Gasteiger partial charge in [-0.15, -0.1) is 0 Å². The van der Waals surface area contributed by atoms with Crippen molar-refractivity contribution in [1.29, 1.82) is 0 Å². The van der Waals surface area contributed by atoms with Crippen LogP contribution in [-0.4, -0.2) is 31.9 Å². The highest BCUT2D eigenvalue weighted by Crippen LogP contribution is 2.19. The fourth-order valence-corrected chi connectivity index (χ4v) is 4.12. The summed E-state index contributed by atoms with van der Waals surface area (Å²) in [4.78, 5) is 11.0. The summed E-state index contributed by atoms with van der Waals surface area (Å²) in [5, 5.41) is 2.54. The first-order valence-electron chi connectivity index (χ1n) is 6.40. The zero-order valence-electron chi connectivity index (χ0n) is 10.9. The van der Waals surface area contributed by atoms with Gasteiger partial charge in [0.25, 0.3) is 0 Å². The van der Waals surface area contributed by atoms with E-state index in [-0.39, 0.29) is 17.9 Å². The zero-order chi connectivity index (χ0) is 14.8. The van der Waals surface area contributed by atoms with Crippen LogP contribution in [0.3, 0.4) is 0 Å². The van der Waals surface area contributed by atoms with Crippen molar-refractivity contribution in [3.8, 4) is 0 Å². The Morgan fingerprint density at radius 2 is 2.20 bits per heavy atom. The molecule has 1 amide bonds. The number of carbonyl (C=O) groups excluding carboxylic acids is 1. The lowest BCUT2D eigenvalue weighted by Gasteiger charge is -2.11. The second kappa shape index (κ2) is 5.88. The van der Waals surface area contributed by atoms with Crippen LogP contribution in [-0.2, 0) is 16.4 Å². The Balaban J connectivity index is 1.97. The third-order valence-electron chi connectivity index (χ3n) is 3.48. The predicted octanol–water partition coefficient (Wildman–Crippen LogP) is 0.591. The minimum absolute atomic E-state index is 0.166. The molecule has 1 aromatic rings. The Morgan fingerprint density at radius 3 is 2.80 bits per heavy atom. The van der Waals surface area contributed by atoms with Crippen molar-refractivity contribution in [2.24, 2.45) is 5.73 Å². The summed E-state index contributed by atoms with van der Waals surface area (Å²) in [5.41, 5.74) is 5.67. The van der Waals surface area contributed by atoms with Gasteiger partial charge in [-0.3, -0.25) is 4.79 Å². The molecule has 1 unspecified atom stereocenters. The molecule has 0 spiro atoms. The summed E-state index contributed by atoms with van der Waals surface area (Å²) < 4.78 is 36.9. The molecule has 3 N–H and O–H groups in total. The summed E-state index contributed by atoms with van der Waals surface area (Å²) in [6.07, 6.45) is 1.32. The van der Waals surface area contributed by atoms with E-state index in [0.717, 1.165) is 0 Å². The van der Waals surface area contributed by atoms with Crippen LogP contribution in [0.5, 0.6) is 0 Å². The number of hydrogen-bond donors (Lipinski definition) is 2. The van der Waals surface area contributed by atoms with Gasteiger partial charge in [0, 0.05) is 24.2 Å². The minimum Gasteiger partial charge on any atom is -0.366 e. The third kappa shape index (κ3) is 3.34. The number of carbonyl (C=O) groups is 1. The van der Waals surface area contributed by atoms with Crippen molar-refractivity contribution in [3.05, 3.63) is 35.1 Å². The highest BCUT2D eigenvalue weighted by molar-refractivity contribution is 7.92. The molecule has 1 aliphatic rings. The second-order valence-electron chi connectivity index (χ2n) is 4.93. The number of benzene rings is 1. The number of rotatable bonds is 5. The molecule has 0 saturated carbocycles. The maximum absolute atomic E-state index is 13.6. The molecule has 1 atom stereocenters. The van der Waals surface area contributed by atoms with Crippen LogP contribution < -0.4 is 11.1 Å². The summed E-state index contributed by atoms with van der Waals surface area (Å²) in [7, 11) is -3.00. The maximum Gasteiger partial charge on any atom is 0.248 e. The highest BCUT2D eigenvalue weighted by Gasteiger charge is 2.30. The number of halogens is 1. The fourth-order valence-electron chi connectivity index (χ4n) is 2.32. The molecule has 5 nitrogen and oxygen atoms in total. The van der Waals surface area contributed by atoms with E-state index in [1.165, 1.54) is 18.2 Å². The molecule has 1 aliphatic heterocycles. The van der Waals surface area contributed by atoms with E-state index in [1.807, 2.05) is 0 Å². The van der Waals surface area contributed by atoms with Gasteiger partial charge in [-0.05, 0) is 31.0 Å². The van der Waals surface area contributed by atoms with Crippen LogP contribution in [0.4, 0.5) is 4.39 Å². The average molecular weight is 300 g/mol. The molecule has 20 heavy (non-hydrogen) atoms.